The first-order valence-corrected chi connectivity index (χ1v) is 10.4. The zero-order chi connectivity index (χ0) is 23.8. The summed E-state index contributed by atoms with van der Waals surface area (Å²) in [4.78, 5) is 18.6. The summed E-state index contributed by atoms with van der Waals surface area (Å²) in [6.45, 7) is 6.74. The zero-order valence-corrected chi connectivity index (χ0v) is 18.4. The molecule has 174 valence electrons. The van der Waals surface area contributed by atoms with Gasteiger partial charge in [0, 0.05) is 45.5 Å². The number of ether oxygens (including phenoxy) is 2. The molecule has 4 rings (SSSR count). The minimum absolute atomic E-state index is 0.0894. The van der Waals surface area contributed by atoms with Crippen LogP contribution in [0.2, 0.25) is 0 Å². The topological polar surface area (TPSA) is 79.1 Å². The third-order valence-electron chi connectivity index (χ3n) is 5.21. The Morgan fingerprint density at radius 3 is 2.48 bits per heavy atom. The number of para-hydroxylation sites is 1. The highest BCUT2D eigenvalue weighted by molar-refractivity contribution is 5.85. The van der Waals surface area contributed by atoms with Crippen molar-refractivity contribution >= 4 is 27.9 Å². The minimum Gasteiger partial charge on any atom is -0.406 e. The van der Waals surface area contributed by atoms with Crippen LogP contribution in [0.5, 0.6) is 11.6 Å². The first kappa shape index (κ1) is 22.6. The number of carbonyl (C=O) groups excluding carboxylic acids is 1. The SMILES string of the molecule is CC(C)(C)c1[nH]c2ccccc2c1CCNC(=O)Oc1cc2cc(OC(F)(F)F)ccc2[nH]1. The van der Waals surface area contributed by atoms with Crippen LogP contribution < -0.4 is 14.8 Å². The molecule has 2 heterocycles. The Morgan fingerprint density at radius 2 is 1.76 bits per heavy atom. The minimum atomic E-state index is -4.78. The van der Waals surface area contributed by atoms with Crippen molar-refractivity contribution in [1.29, 1.82) is 0 Å². The molecular formula is C24H24F3N3O3. The molecule has 0 bridgehead atoms. The molecule has 4 aromatic rings. The second-order valence-electron chi connectivity index (χ2n) is 8.77. The lowest BCUT2D eigenvalue weighted by molar-refractivity contribution is -0.274. The molecule has 0 saturated carbocycles. The van der Waals surface area contributed by atoms with Crippen LogP contribution in [0.25, 0.3) is 21.8 Å². The maximum absolute atomic E-state index is 12.4. The number of benzene rings is 2. The van der Waals surface area contributed by atoms with Crippen LogP contribution >= 0.6 is 0 Å². The number of amides is 1. The molecule has 1 amide bonds. The van der Waals surface area contributed by atoms with Gasteiger partial charge >= 0.3 is 12.5 Å². The second-order valence-corrected chi connectivity index (χ2v) is 8.77. The van der Waals surface area contributed by atoms with Gasteiger partial charge in [-0.05, 0) is 36.2 Å². The van der Waals surface area contributed by atoms with Crippen molar-refractivity contribution < 1.29 is 27.4 Å². The number of fused-ring (bicyclic) bond motifs is 2. The lowest BCUT2D eigenvalue weighted by Gasteiger charge is -2.19. The molecule has 2 aromatic carbocycles. The molecule has 0 spiro atoms. The van der Waals surface area contributed by atoms with Gasteiger partial charge in [0.15, 0.2) is 0 Å². The summed E-state index contributed by atoms with van der Waals surface area (Å²) < 4.78 is 46.4. The van der Waals surface area contributed by atoms with E-state index in [0.717, 1.165) is 22.2 Å². The van der Waals surface area contributed by atoms with Gasteiger partial charge in [0.2, 0.25) is 5.88 Å². The van der Waals surface area contributed by atoms with E-state index in [1.807, 2.05) is 18.2 Å². The van der Waals surface area contributed by atoms with E-state index in [0.29, 0.717) is 23.9 Å². The molecule has 2 aromatic heterocycles. The summed E-state index contributed by atoms with van der Waals surface area (Å²) in [5.74, 6) is -0.229. The maximum atomic E-state index is 12.4. The van der Waals surface area contributed by atoms with Gasteiger partial charge in [0.05, 0.1) is 0 Å². The third-order valence-corrected chi connectivity index (χ3v) is 5.21. The Hall–Kier alpha value is -3.62. The van der Waals surface area contributed by atoms with Crippen LogP contribution in [0.15, 0.2) is 48.5 Å². The first-order valence-electron chi connectivity index (χ1n) is 10.4. The number of nitrogens with one attached hydrogen (secondary N) is 3. The fraction of sp³-hybridized carbons (Fsp3) is 0.292. The van der Waals surface area contributed by atoms with Gasteiger partial charge in [0.1, 0.15) is 5.75 Å². The van der Waals surface area contributed by atoms with Gasteiger partial charge in [0.25, 0.3) is 0 Å². The highest BCUT2D eigenvalue weighted by atomic mass is 19.4. The normalized spacial score (nSPS) is 12.3. The van der Waals surface area contributed by atoms with E-state index in [1.165, 1.54) is 24.3 Å². The number of aromatic amines is 2. The molecule has 0 fully saturated rings. The van der Waals surface area contributed by atoms with Gasteiger partial charge < -0.3 is 24.8 Å². The lowest BCUT2D eigenvalue weighted by Crippen LogP contribution is -2.29. The van der Waals surface area contributed by atoms with E-state index in [-0.39, 0.29) is 17.0 Å². The molecule has 6 nitrogen and oxygen atoms in total. The largest absolute Gasteiger partial charge is 0.573 e. The van der Waals surface area contributed by atoms with E-state index < -0.39 is 12.5 Å². The van der Waals surface area contributed by atoms with Crippen molar-refractivity contribution in [3.8, 4) is 11.6 Å². The zero-order valence-electron chi connectivity index (χ0n) is 18.4. The summed E-state index contributed by atoms with van der Waals surface area (Å²) in [5, 5.41) is 4.27. The number of alkyl halides is 3. The Labute approximate surface area is 188 Å². The van der Waals surface area contributed by atoms with Crippen LogP contribution in [0.3, 0.4) is 0 Å². The van der Waals surface area contributed by atoms with Crippen molar-refractivity contribution in [3.05, 3.63) is 59.8 Å². The van der Waals surface area contributed by atoms with Crippen molar-refractivity contribution in [2.45, 2.75) is 39.0 Å². The summed E-state index contributed by atoms with van der Waals surface area (Å²) >= 11 is 0. The summed E-state index contributed by atoms with van der Waals surface area (Å²) in [6.07, 6.45) is -4.83. The van der Waals surface area contributed by atoms with Gasteiger partial charge in [-0.15, -0.1) is 13.2 Å². The van der Waals surface area contributed by atoms with Gasteiger partial charge in [-0.1, -0.05) is 39.0 Å². The highest BCUT2D eigenvalue weighted by Gasteiger charge is 2.31. The highest BCUT2D eigenvalue weighted by Crippen LogP contribution is 2.32. The van der Waals surface area contributed by atoms with Crippen molar-refractivity contribution in [2.75, 3.05) is 6.54 Å². The van der Waals surface area contributed by atoms with E-state index in [1.54, 1.807) is 0 Å². The van der Waals surface area contributed by atoms with E-state index in [9.17, 15) is 18.0 Å². The molecule has 3 N–H and O–H groups in total. The molecule has 9 heteroatoms. The average Bonchev–Trinajstić information content (AvgIpc) is 3.27. The molecule has 0 aliphatic carbocycles. The molecule has 0 radical (unpaired) electrons. The second kappa shape index (κ2) is 8.38. The molecule has 0 unspecified atom stereocenters. The Balaban J connectivity index is 1.41. The Kier molecular flexibility index (Phi) is 5.73. The number of aromatic nitrogens is 2. The lowest BCUT2D eigenvalue weighted by atomic mass is 9.88. The standard InChI is InChI=1S/C24H24F3N3O3/c1-23(2,3)21-17(16-6-4-5-7-19(16)30-21)10-11-28-22(31)32-20-13-14-12-15(33-24(25,26)27)8-9-18(14)29-20/h4-9,12-13,29-30H,10-11H2,1-3H3,(H,28,31). The molecule has 0 atom stereocenters. The predicted molar refractivity (Wildman–Crippen MR) is 120 cm³/mol. The van der Waals surface area contributed by atoms with E-state index in [4.69, 9.17) is 4.74 Å². The van der Waals surface area contributed by atoms with Crippen molar-refractivity contribution in [2.24, 2.45) is 0 Å². The van der Waals surface area contributed by atoms with Gasteiger partial charge in [-0.2, -0.15) is 0 Å². The molecule has 0 aliphatic rings. The van der Waals surface area contributed by atoms with Gasteiger partial charge in [-0.3, -0.25) is 0 Å². The smallest absolute Gasteiger partial charge is 0.406 e. The summed E-state index contributed by atoms with van der Waals surface area (Å²) in [6, 6.07) is 13.3. The van der Waals surface area contributed by atoms with Gasteiger partial charge in [-0.25, -0.2) is 4.79 Å². The quantitative estimate of drug-likeness (QED) is 0.334. The van der Waals surface area contributed by atoms with E-state index in [2.05, 4.69) is 46.9 Å². The molecule has 0 aliphatic heterocycles. The third kappa shape index (κ3) is 5.24. The summed E-state index contributed by atoms with van der Waals surface area (Å²) in [7, 11) is 0. The number of hydrogen-bond acceptors (Lipinski definition) is 3. The van der Waals surface area contributed by atoms with Crippen LogP contribution in [0.1, 0.15) is 32.0 Å². The van der Waals surface area contributed by atoms with E-state index >= 15 is 0 Å². The number of hydrogen-bond donors (Lipinski definition) is 3. The van der Waals surface area contributed by atoms with Crippen LogP contribution in [-0.2, 0) is 11.8 Å². The number of carbonyl (C=O) groups is 1. The van der Waals surface area contributed by atoms with Crippen LogP contribution in [0, 0.1) is 0 Å². The molecule has 0 saturated heterocycles. The number of halogens is 3. The predicted octanol–water partition coefficient (Wildman–Crippen LogP) is 6.18. The Morgan fingerprint density at radius 1 is 1.00 bits per heavy atom. The maximum Gasteiger partial charge on any atom is 0.573 e. The monoisotopic (exact) mass is 459 g/mol. The first-order chi connectivity index (χ1) is 15.5. The molecular weight excluding hydrogens is 435 g/mol. The van der Waals surface area contributed by atoms with Crippen molar-refractivity contribution in [3.63, 3.8) is 0 Å². The number of rotatable bonds is 5. The van der Waals surface area contributed by atoms with Crippen LogP contribution in [-0.4, -0.2) is 29.0 Å². The average molecular weight is 459 g/mol. The van der Waals surface area contributed by atoms with Crippen LogP contribution in [0.4, 0.5) is 18.0 Å². The number of H-pyrrole nitrogens is 2. The fourth-order valence-corrected chi connectivity index (χ4v) is 3.86. The van der Waals surface area contributed by atoms with Crippen molar-refractivity contribution in [1.82, 2.24) is 15.3 Å². The summed E-state index contributed by atoms with van der Waals surface area (Å²) in [5.41, 5.74) is 3.73. The Bertz CT molecular complexity index is 1300. The molecule has 33 heavy (non-hydrogen) atoms. The fourth-order valence-electron chi connectivity index (χ4n) is 3.86.